The first-order chi connectivity index (χ1) is 7.28. The summed E-state index contributed by atoms with van der Waals surface area (Å²) in [6, 6.07) is 5.63. The third-order valence-electron chi connectivity index (χ3n) is 2.82. The number of rotatable bonds is 2. The highest BCUT2D eigenvalue weighted by atomic mass is 16.5. The number of pyridine rings is 1. The predicted molar refractivity (Wildman–Crippen MR) is 52.7 cm³/mol. The minimum atomic E-state index is -0.798. The Morgan fingerprint density at radius 1 is 1.53 bits per heavy atom. The fourth-order valence-corrected chi connectivity index (χ4v) is 1.81. The number of aliphatic hydroxyl groups excluding tert-OH is 1. The van der Waals surface area contributed by atoms with Gasteiger partial charge in [-0.25, -0.2) is 0 Å². The van der Waals surface area contributed by atoms with E-state index >= 15 is 0 Å². The number of nitrogens with zero attached hydrogens (tertiary/aromatic N) is 2. The maximum absolute atomic E-state index is 10.1. The van der Waals surface area contributed by atoms with Crippen LogP contribution in [-0.4, -0.2) is 23.3 Å². The van der Waals surface area contributed by atoms with Crippen molar-refractivity contribution in [3.63, 3.8) is 0 Å². The SMILES string of the molecule is N#CC1(C(O)c2ccncc2)CCOC1. The Labute approximate surface area is 88.1 Å². The predicted octanol–water partition coefficient (Wildman–Crippen LogP) is 1.05. The second-order valence-electron chi connectivity index (χ2n) is 3.75. The quantitative estimate of drug-likeness (QED) is 0.781. The number of hydrogen-bond donors (Lipinski definition) is 1. The molecular weight excluding hydrogens is 192 g/mol. The molecule has 2 atom stereocenters. The summed E-state index contributed by atoms with van der Waals surface area (Å²) < 4.78 is 5.20. The van der Waals surface area contributed by atoms with Gasteiger partial charge in [0.1, 0.15) is 11.5 Å². The minimum Gasteiger partial charge on any atom is -0.387 e. The molecule has 4 heteroatoms. The van der Waals surface area contributed by atoms with Gasteiger partial charge in [-0.3, -0.25) is 4.98 Å². The van der Waals surface area contributed by atoms with Gasteiger partial charge in [-0.05, 0) is 24.1 Å². The highest BCUT2D eigenvalue weighted by Crippen LogP contribution is 2.40. The summed E-state index contributed by atoms with van der Waals surface area (Å²) in [5, 5.41) is 19.3. The van der Waals surface area contributed by atoms with Gasteiger partial charge < -0.3 is 9.84 Å². The Morgan fingerprint density at radius 2 is 2.27 bits per heavy atom. The summed E-state index contributed by atoms with van der Waals surface area (Å²) >= 11 is 0. The van der Waals surface area contributed by atoms with Crippen molar-refractivity contribution in [2.45, 2.75) is 12.5 Å². The van der Waals surface area contributed by atoms with Crippen molar-refractivity contribution in [3.05, 3.63) is 30.1 Å². The molecule has 1 aromatic rings. The van der Waals surface area contributed by atoms with Crippen LogP contribution in [0.1, 0.15) is 18.1 Å². The molecule has 1 aromatic heterocycles. The first kappa shape index (κ1) is 10.1. The second-order valence-corrected chi connectivity index (χ2v) is 3.75. The topological polar surface area (TPSA) is 66.1 Å². The van der Waals surface area contributed by atoms with Gasteiger partial charge in [0, 0.05) is 19.0 Å². The lowest BCUT2D eigenvalue weighted by atomic mass is 9.80. The van der Waals surface area contributed by atoms with E-state index in [9.17, 15) is 5.11 Å². The minimum absolute atomic E-state index is 0.299. The summed E-state index contributed by atoms with van der Waals surface area (Å²) in [5.74, 6) is 0. The Morgan fingerprint density at radius 3 is 2.80 bits per heavy atom. The average Bonchev–Trinajstić information content (AvgIpc) is 2.79. The van der Waals surface area contributed by atoms with Crippen LogP contribution in [0.2, 0.25) is 0 Å². The molecular formula is C11H12N2O2. The molecule has 2 heterocycles. The fourth-order valence-electron chi connectivity index (χ4n) is 1.81. The average molecular weight is 204 g/mol. The van der Waals surface area contributed by atoms with Crippen LogP contribution >= 0.6 is 0 Å². The highest BCUT2D eigenvalue weighted by Gasteiger charge is 2.42. The van der Waals surface area contributed by atoms with Crippen molar-refractivity contribution in [2.24, 2.45) is 5.41 Å². The van der Waals surface area contributed by atoms with Gasteiger partial charge in [-0.15, -0.1) is 0 Å². The third-order valence-corrected chi connectivity index (χ3v) is 2.82. The molecule has 1 aliphatic heterocycles. The van der Waals surface area contributed by atoms with Gasteiger partial charge in [0.25, 0.3) is 0 Å². The molecule has 0 aromatic carbocycles. The molecule has 2 rings (SSSR count). The largest absolute Gasteiger partial charge is 0.387 e. The van der Waals surface area contributed by atoms with Crippen LogP contribution in [0.5, 0.6) is 0 Å². The molecule has 0 aliphatic carbocycles. The Bertz CT molecular complexity index is 366. The number of hydrogen-bond acceptors (Lipinski definition) is 4. The van der Waals surface area contributed by atoms with Crippen molar-refractivity contribution >= 4 is 0 Å². The molecule has 1 aliphatic rings. The van der Waals surface area contributed by atoms with E-state index in [2.05, 4.69) is 11.1 Å². The Kier molecular flexibility index (Phi) is 2.67. The molecule has 1 saturated heterocycles. The van der Waals surface area contributed by atoms with Crippen molar-refractivity contribution in [1.29, 1.82) is 5.26 Å². The maximum atomic E-state index is 10.1. The highest BCUT2D eigenvalue weighted by molar-refractivity contribution is 5.21. The number of aromatic nitrogens is 1. The second kappa shape index (κ2) is 3.97. The molecule has 0 bridgehead atoms. The molecule has 0 saturated carbocycles. The maximum Gasteiger partial charge on any atom is 0.113 e. The van der Waals surface area contributed by atoms with Gasteiger partial charge in [-0.2, -0.15) is 5.26 Å². The lowest BCUT2D eigenvalue weighted by Crippen LogP contribution is -2.27. The molecule has 15 heavy (non-hydrogen) atoms. The molecule has 78 valence electrons. The van der Waals surface area contributed by atoms with E-state index in [0.29, 0.717) is 19.6 Å². The van der Waals surface area contributed by atoms with Crippen LogP contribution in [0.4, 0.5) is 0 Å². The number of nitriles is 1. The van der Waals surface area contributed by atoms with Crippen LogP contribution in [0.3, 0.4) is 0 Å². The summed E-state index contributed by atoms with van der Waals surface area (Å²) in [6.45, 7) is 0.836. The van der Waals surface area contributed by atoms with Crippen molar-refractivity contribution in [2.75, 3.05) is 13.2 Å². The van der Waals surface area contributed by atoms with E-state index in [1.165, 1.54) is 0 Å². The number of ether oxygens (including phenoxy) is 1. The zero-order chi connectivity index (χ0) is 10.7. The van der Waals surface area contributed by atoms with Gasteiger partial charge in [-0.1, -0.05) is 0 Å². The van der Waals surface area contributed by atoms with E-state index in [1.54, 1.807) is 24.5 Å². The molecule has 0 amide bonds. The molecule has 0 spiro atoms. The van der Waals surface area contributed by atoms with Crippen LogP contribution in [0, 0.1) is 16.7 Å². The lowest BCUT2D eigenvalue weighted by Gasteiger charge is -2.25. The van der Waals surface area contributed by atoms with E-state index < -0.39 is 11.5 Å². The van der Waals surface area contributed by atoms with Gasteiger partial charge in [0.2, 0.25) is 0 Å². The van der Waals surface area contributed by atoms with Gasteiger partial charge in [0.05, 0.1) is 12.7 Å². The van der Waals surface area contributed by atoms with Crippen molar-refractivity contribution < 1.29 is 9.84 Å². The molecule has 1 N–H and O–H groups in total. The Balaban J connectivity index is 2.27. The smallest absolute Gasteiger partial charge is 0.113 e. The number of aliphatic hydroxyl groups is 1. The first-order valence-corrected chi connectivity index (χ1v) is 4.85. The van der Waals surface area contributed by atoms with Crippen molar-refractivity contribution in [1.82, 2.24) is 4.98 Å². The monoisotopic (exact) mass is 204 g/mol. The van der Waals surface area contributed by atoms with Gasteiger partial charge in [0.15, 0.2) is 0 Å². The zero-order valence-electron chi connectivity index (χ0n) is 8.26. The Hall–Kier alpha value is -1.44. The van der Waals surface area contributed by atoms with Crippen LogP contribution in [0.25, 0.3) is 0 Å². The standard InChI is InChI=1S/C11H12N2O2/c12-7-11(3-6-15-8-11)10(14)9-1-4-13-5-2-9/h1-2,4-5,10,14H,3,6,8H2. The third kappa shape index (κ3) is 1.72. The van der Waals surface area contributed by atoms with E-state index in [1.807, 2.05) is 0 Å². The summed E-state index contributed by atoms with van der Waals surface area (Å²) in [4.78, 5) is 3.88. The van der Waals surface area contributed by atoms with E-state index in [0.717, 1.165) is 5.56 Å². The summed E-state index contributed by atoms with van der Waals surface area (Å²) in [6.07, 6.45) is 3.00. The molecule has 4 nitrogen and oxygen atoms in total. The van der Waals surface area contributed by atoms with E-state index in [-0.39, 0.29) is 0 Å². The van der Waals surface area contributed by atoms with Gasteiger partial charge >= 0.3 is 0 Å². The van der Waals surface area contributed by atoms with Crippen LogP contribution in [0.15, 0.2) is 24.5 Å². The zero-order valence-corrected chi connectivity index (χ0v) is 8.26. The van der Waals surface area contributed by atoms with E-state index in [4.69, 9.17) is 10.00 Å². The first-order valence-electron chi connectivity index (χ1n) is 4.85. The lowest BCUT2D eigenvalue weighted by molar-refractivity contribution is 0.0503. The van der Waals surface area contributed by atoms with Crippen molar-refractivity contribution in [3.8, 4) is 6.07 Å². The molecule has 0 radical (unpaired) electrons. The summed E-state index contributed by atoms with van der Waals surface area (Å²) in [5.41, 5.74) is -0.0708. The van der Waals surface area contributed by atoms with Crippen LogP contribution < -0.4 is 0 Å². The van der Waals surface area contributed by atoms with Crippen LogP contribution in [-0.2, 0) is 4.74 Å². The fraction of sp³-hybridized carbons (Fsp3) is 0.455. The normalized spacial score (nSPS) is 27.2. The molecule has 2 unspecified atom stereocenters. The summed E-state index contributed by atoms with van der Waals surface area (Å²) in [7, 11) is 0. The molecule has 1 fully saturated rings.